The molecule has 2 rings (SSSR count). The summed E-state index contributed by atoms with van der Waals surface area (Å²) in [6.45, 7) is -0.386. The smallest absolute Gasteiger partial charge is 0.330 e. The predicted molar refractivity (Wildman–Crippen MR) is 78.8 cm³/mol. The minimum Gasteiger partial charge on any atom is -0.478 e. The van der Waals surface area contributed by atoms with Crippen LogP contribution in [0, 0.1) is 0 Å². The Hall–Kier alpha value is -2.49. The molecular formula is C14H16N2O7. The van der Waals surface area contributed by atoms with Gasteiger partial charge in [-0.3, -0.25) is 14.3 Å². The molecule has 0 radical (unpaired) electrons. The van der Waals surface area contributed by atoms with Gasteiger partial charge < -0.3 is 20.1 Å². The first-order valence-electron chi connectivity index (χ1n) is 6.80. The van der Waals surface area contributed by atoms with Crippen molar-refractivity contribution in [3.63, 3.8) is 0 Å². The Labute approximate surface area is 129 Å². The highest BCUT2D eigenvalue weighted by Gasteiger charge is 2.35. The van der Waals surface area contributed by atoms with Gasteiger partial charge in [-0.15, -0.1) is 0 Å². The van der Waals surface area contributed by atoms with Crippen molar-refractivity contribution in [1.29, 1.82) is 0 Å². The second kappa shape index (κ2) is 7.18. The third kappa shape index (κ3) is 4.03. The number of nitrogens with zero attached hydrogens (tertiary/aromatic N) is 1. The Bertz CT molecular complexity index is 746. The number of H-pyrrole nitrogens is 1. The van der Waals surface area contributed by atoms with Crippen molar-refractivity contribution in [3.8, 4) is 0 Å². The van der Waals surface area contributed by atoms with Crippen LogP contribution in [0.25, 0.3) is 6.08 Å². The number of aliphatic hydroxyl groups excluding tert-OH is 2. The van der Waals surface area contributed by atoms with E-state index in [0.717, 1.165) is 10.6 Å². The van der Waals surface area contributed by atoms with Crippen LogP contribution in [0.15, 0.2) is 34.0 Å². The molecule has 1 aromatic heterocycles. The van der Waals surface area contributed by atoms with Crippen LogP contribution >= 0.6 is 0 Å². The van der Waals surface area contributed by atoms with E-state index in [1.165, 1.54) is 24.4 Å². The average Bonchev–Trinajstić information content (AvgIpc) is 2.86. The third-order valence-corrected chi connectivity index (χ3v) is 3.32. The van der Waals surface area contributed by atoms with Crippen LogP contribution in [-0.4, -0.2) is 49.7 Å². The number of aromatic amines is 1. The van der Waals surface area contributed by atoms with Gasteiger partial charge in [0.2, 0.25) is 0 Å². The maximum absolute atomic E-state index is 11.9. The quantitative estimate of drug-likeness (QED) is 0.395. The summed E-state index contributed by atoms with van der Waals surface area (Å²) in [5.74, 6) is -1.13. The van der Waals surface area contributed by atoms with Crippen molar-refractivity contribution in [2.45, 2.75) is 24.9 Å². The van der Waals surface area contributed by atoms with Crippen molar-refractivity contribution in [2.24, 2.45) is 0 Å². The molecule has 2 heterocycles. The van der Waals surface area contributed by atoms with Crippen LogP contribution in [-0.2, 0) is 9.53 Å². The van der Waals surface area contributed by atoms with Crippen molar-refractivity contribution in [3.05, 3.63) is 50.8 Å². The Morgan fingerprint density at radius 1 is 1.43 bits per heavy atom. The Balaban J connectivity index is 2.28. The second-order valence-electron chi connectivity index (χ2n) is 4.92. The molecule has 1 fully saturated rings. The van der Waals surface area contributed by atoms with Crippen molar-refractivity contribution in [1.82, 2.24) is 9.55 Å². The van der Waals surface area contributed by atoms with Crippen LogP contribution < -0.4 is 11.2 Å². The number of allylic oxidation sites excluding steroid dienone is 2. The molecule has 0 aliphatic carbocycles. The fourth-order valence-corrected chi connectivity index (χ4v) is 2.18. The van der Waals surface area contributed by atoms with Gasteiger partial charge in [-0.1, -0.05) is 12.2 Å². The van der Waals surface area contributed by atoms with Crippen molar-refractivity contribution in [2.75, 3.05) is 6.61 Å². The van der Waals surface area contributed by atoms with Crippen molar-refractivity contribution >= 4 is 12.0 Å². The third-order valence-electron chi connectivity index (χ3n) is 3.32. The van der Waals surface area contributed by atoms with E-state index in [9.17, 15) is 19.5 Å². The number of carbonyl (C=O) groups is 1. The number of ether oxygens (including phenoxy) is 1. The molecule has 23 heavy (non-hydrogen) atoms. The molecule has 1 saturated heterocycles. The zero-order valence-electron chi connectivity index (χ0n) is 12.0. The SMILES string of the molecule is O=C(O)C=CC=Cc1cn([C@H]2C[C@H](O)[C@@H](CO)O2)c(=O)[nH]c1=O. The van der Waals surface area contributed by atoms with E-state index in [4.69, 9.17) is 14.9 Å². The molecule has 9 nitrogen and oxygen atoms in total. The Morgan fingerprint density at radius 3 is 2.78 bits per heavy atom. The van der Waals surface area contributed by atoms with Gasteiger partial charge in [-0.2, -0.15) is 0 Å². The van der Waals surface area contributed by atoms with E-state index in [1.807, 2.05) is 0 Å². The Kier molecular flexibility index (Phi) is 5.27. The van der Waals surface area contributed by atoms with Crippen molar-refractivity contribution < 1.29 is 24.9 Å². The molecular weight excluding hydrogens is 308 g/mol. The molecule has 0 bridgehead atoms. The largest absolute Gasteiger partial charge is 0.478 e. The van der Waals surface area contributed by atoms with E-state index in [2.05, 4.69) is 4.98 Å². The molecule has 3 atom stereocenters. The summed E-state index contributed by atoms with van der Waals surface area (Å²) in [6, 6.07) is 0. The summed E-state index contributed by atoms with van der Waals surface area (Å²) in [5, 5.41) is 27.2. The average molecular weight is 324 g/mol. The lowest BCUT2D eigenvalue weighted by molar-refractivity contribution is -0.131. The molecule has 124 valence electrons. The van der Waals surface area contributed by atoms with Gasteiger partial charge in [-0.05, 0) is 6.08 Å². The van der Waals surface area contributed by atoms with E-state index in [1.54, 1.807) is 0 Å². The number of rotatable bonds is 5. The minimum atomic E-state index is -1.13. The molecule has 4 N–H and O–H groups in total. The number of hydrogen-bond acceptors (Lipinski definition) is 6. The number of aliphatic hydroxyl groups is 2. The second-order valence-corrected chi connectivity index (χ2v) is 4.92. The number of aromatic nitrogens is 2. The number of carboxylic acids is 1. The molecule has 0 amide bonds. The fourth-order valence-electron chi connectivity index (χ4n) is 2.18. The first-order chi connectivity index (χ1) is 10.9. The molecule has 0 saturated carbocycles. The van der Waals surface area contributed by atoms with Gasteiger partial charge in [0.15, 0.2) is 0 Å². The molecule has 0 spiro atoms. The summed E-state index contributed by atoms with van der Waals surface area (Å²) < 4.78 is 6.48. The molecule has 0 aromatic carbocycles. The fraction of sp³-hybridized carbons (Fsp3) is 0.357. The highest BCUT2D eigenvalue weighted by Crippen LogP contribution is 2.27. The lowest BCUT2D eigenvalue weighted by Gasteiger charge is -2.14. The first kappa shape index (κ1) is 16.9. The molecule has 9 heteroatoms. The molecule has 1 aromatic rings. The lowest BCUT2D eigenvalue weighted by atomic mass is 10.2. The minimum absolute atomic E-state index is 0.0965. The summed E-state index contributed by atoms with van der Waals surface area (Å²) in [6.07, 6.45) is 3.63. The van der Waals surface area contributed by atoms with Gasteiger partial charge in [0, 0.05) is 18.7 Å². The van der Waals surface area contributed by atoms with Crippen LogP contribution in [0.4, 0.5) is 0 Å². The van der Waals surface area contributed by atoms with Gasteiger partial charge in [0.25, 0.3) is 5.56 Å². The van der Waals surface area contributed by atoms with Crippen LogP contribution in [0.1, 0.15) is 18.2 Å². The maximum atomic E-state index is 11.9. The first-order valence-corrected chi connectivity index (χ1v) is 6.80. The van der Waals surface area contributed by atoms with Crippen LogP contribution in [0.5, 0.6) is 0 Å². The maximum Gasteiger partial charge on any atom is 0.330 e. The molecule has 1 aliphatic rings. The highest BCUT2D eigenvalue weighted by atomic mass is 16.5. The zero-order chi connectivity index (χ0) is 17.0. The standard InChI is InChI=1S/C14H16N2O7/c17-7-10-9(18)5-11(23-10)16-6-8(13(21)15-14(16)22)3-1-2-4-12(19)20/h1-4,6,9-11,17-18H,5,7H2,(H,19,20)(H,15,21,22)/t9-,10+,11+/m0/s1. The lowest BCUT2D eigenvalue weighted by Crippen LogP contribution is -2.33. The summed E-state index contributed by atoms with van der Waals surface area (Å²) in [4.78, 5) is 36.1. The Morgan fingerprint density at radius 2 is 2.17 bits per heavy atom. The van der Waals surface area contributed by atoms with Gasteiger partial charge in [-0.25, -0.2) is 9.59 Å². The van der Waals surface area contributed by atoms with Crippen LogP contribution in [0.3, 0.4) is 0 Å². The number of hydrogen-bond donors (Lipinski definition) is 4. The number of aliphatic carboxylic acids is 1. The number of nitrogens with one attached hydrogen (secondary N) is 1. The van der Waals surface area contributed by atoms with E-state index in [-0.39, 0.29) is 18.6 Å². The van der Waals surface area contributed by atoms with E-state index >= 15 is 0 Å². The van der Waals surface area contributed by atoms with E-state index in [0.29, 0.717) is 0 Å². The van der Waals surface area contributed by atoms with Gasteiger partial charge >= 0.3 is 11.7 Å². The molecule has 1 aliphatic heterocycles. The summed E-state index contributed by atoms with van der Waals surface area (Å²) in [7, 11) is 0. The van der Waals surface area contributed by atoms with E-state index < -0.39 is 35.7 Å². The topological polar surface area (TPSA) is 142 Å². The molecule has 0 unspecified atom stereocenters. The monoisotopic (exact) mass is 324 g/mol. The number of carboxylic acid groups (broad SMARTS) is 1. The zero-order valence-corrected chi connectivity index (χ0v) is 12.0. The van der Waals surface area contributed by atoms with Gasteiger partial charge in [0.05, 0.1) is 18.3 Å². The normalized spacial score (nSPS) is 24.7. The highest BCUT2D eigenvalue weighted by molar-refractivity contribution is 5.80. The summed E-state index contributed by atoms with van der Waals surface area (Å²) >= 11 is 0. The summed E-state index contributed by atoms with van der Waals surface area (Å²) in [5.41, 5.74) is -1.22. The van der Waals surface area contributed by atoms with Gasteiger partial charge in [0.1, 0.15) is 12.3 Å². The predicted octanol–water partition coefficient (Wildman–Crippen LogP) is -1.17. The van der Waals surface area contributed by atoms with Crippen LogP contribution in [0.2, 0.25) is 0 Å².